The molecule has 11 aromatic carbocycles. The van der Waals surface area contributed by atoms with Crippen LogP contribution in [0, 0.1) is 0 Å². The van der Waals surface area contributed by atoms with E-state index in [1.54, 1.807) is 0 Å². The Morgan fingerprint density at radius 3 is 1.68 bits per heavy atom. The molecule has 0 atom stereocenters. The van der Waals surface area contributed by atoms with Crippen LogP contribution in [0.3, 0.4) is 0 Å². The fourth-order valence-corrected chi connectivity index (χ4v) is 10.8. The molecule has 0 saturated heterocycles. The van der Waals surface area contributed by atoms with Crippen molar-refractivity contribution in [2.75, 3.05) is 4.90 Å². The van der Waals surface area contributed by atoms with Crippen molar-refractivity contribution in [3.8, 4) is 33.4 Å². The Labute approximate surface area is 377 Å². The number of anilines is 3. The van der Waals surface area contributed by atoms with Crippen molar-refractivity contribution in [3.63, 3.8) is 0 Å². The molecule has 0 spiro atoms. The summed E-state index contributed by atoms with van der Waals surface area (Å²) in [7, 11) is 0. The standard InChI is InChI=1S/C63H41NO/c1-3-22-49(23-4-1)63(50-24-5-2-6-25-50)56-29-13-11-28-53(56)62-57(63)30-16-32-59(62)64(51-26-15-21-44(38-51)47-34-33-42-17-7-8-18-43(42)37-47)58-31-14-12-27-52(58)48-35-36-60-54(40-48)55-39-45-19-9-10-20-46(45)41-61(55)65-60/h1-41H. The highest BCUT2D eigenvalue weighted by atomic mass is 16.3. The van der Waals surface area contributed by atoms with E-state index in [-0.39, 0.29) is 0 Å². The molecule has 1 aromatic heterocycles. The number of para-hydroxylation sites is 1. The third-order valence-corrected chi connectivity index (χ3v) is 13.7. The van der Waals surface area contributed by atoms with Crippen LogP contribution < -0.4 is 4.90 Å². The second-order valence-electron chi connectivity index (χ2n) is 17.2. The molecule has 304 valence electrons. The van der Waals surface area contributed by atoms with Gasteiger partial charge in [-0.1, -0.05) is 194 Å². The molecule has 0 aliphatic heterocycles. The molecule has 0 N–H and O–H groups in total. The van der Waals surface area contributed by atoms with Gasteiger partial charge in [-0.05, 0) is 121 Å². The van der Waals surface area contributed by atoms with Crippen LogP contribution in [0.5, 0.6) is 0 Å². The van der Waals surface area contributed by atoms with Crippen molar-refractivity contribution in [1.82, 2.24) is 0 Å². The topological polar surface area (TPSA) is 16.4 Å². The highest BCUT2D eigenvalue weighted by Crippen LogP contribution is 2.60. The van der Waals surface area contributed by atoms with Gasteiger partial charge in [0, 0.05) is 27.6 Å². The Balaban J connectivity index is 1.08. The van der Waals surface area contributed by atoms with Crippen molar-refractivity contribution >= 4 is 60.5 Å². The summed E-state index contributed by atoms with van der Waals surface area (Å²) >= 11 is 0. The molecule has 0 bridgehead atoms. The average molecular weight is 828 g/mol. The van der Waals surface area contributed by atoms with Crippen LogP contribution in [0.4, 0.5) is 17.1 Å². The van der Waals surface area contributed by atoms with Gasteiger partial charge in [0.25, 0.3) is 0 Å². The first-order valence-electron chi connectivity index (χ1n) is 22.4. The van der Waals surface area contributed by atoms with Gasteiger partial charge >= 0.3 is 0 Å². The van der Waals surface area contributed by atoms with Gasteiger partial charge in [-0.15, -0.1) is 0 Å². The molecule has 1 aliphatic rings. The zero-order chi connectivity index (χ0) is 42.9. The highest BCUT2D eigenvalue weighted by molar-refractivity contribution is 6.11. The molecule has 0 fully saturated rings. The first kappa shape index (κ1) is 37.1. The van der Waals surface area contributed by atoms with Gasteiger partial charge in [-0.3, -0.25) is 0 Å². The third kappa shape index (κ3) is 5.81. The van der Waals surface area contributed by atoms with Gasteiger partial charge in [0.1, 0.15) is 11.2 Å². The van der Waals surface area contributed by atoms with E-state index < -0.39 is 5.41 Å². The van der Waals surface area contributed by atoms with Crippen molar-refractivity contribution in [2.24, 2.45) is 0 Å². The van der Waals surface area contributed by atoms with Gasteiger partial charge in [-0.25, -0.2) is 0 Å². The third-order valence-electron chi connectivity index (χ3n) is 13.7. The van der Waals surface area contributed by atoms with Crippen LogP contribution in [0.1, 0.15) is 22.3 Å². The molecule has 0 saturated carbocycles. The lowest BCUT2D eigenvalue weighted by Crippen LogP contribution is -2.28. The maximum atomic E-state index is 6.52. The van der Waals surface area contributed by atoms with Crippen molar-refractivity contribution in [3.05, 3.63) is 271 Å². The van der Waals surface area contributed by atoms with E-state index in [0.717, 1.165) is 55.7 Å². The van der Waals surface area contributed by atoms with Crippen LogP contribution in [-0.2, 0) is 5.41 Å². The van der Waals surface area contributed by atoms with E-state index >= 15 is 0 Å². The van der Waals surface area contributed by atoms with Gasteiger partial charge < -0.3 is 9.32 Å². The van der Waals surface area contributed by atoms with E-state index in [2.05, 4.69) is 254 Å². The average Bonchev–Trinajstić information content (AvgIpc) is 3.89. The summed E-state index contributed by atoms with van der Waals surface area (Å²) < 4.78 is 6.52. The van der Waals surface area contributed by atoms with Gasteiger partial charge in [-0.2, -0.15) is 0 Å². The number of hydrogen-bond acceptors (Lipinski definition) is 2. The molecule has 0 radical (unpaired) electrons. The molecule has 2 heteroatoms. The maximum Gasteiger partial charge on any atom is 0.136 e. The Morgan fingerprint density at radius 2 is 0.892 bits per heavy atom. The van der Waals surface area contributed by atoms with Crippen molar-refractivity contribution in [2.45, 2.75) is 5.41 Å². The van der Waals surface area contributed by atoms with Gasteiger partial charge in [0.05, 0.1) is 16.8 Å². The van der Waals surface area contributed by atoms with Gasteiger partial charge in [0.15, 0.2) is 0 Å². The van der Waals surface area contributed by atoms with Crippen LogP contribution >= 0.6 is 0 Å². The fraction of sp³-hybridized carbons (Fsp3) is 0.0159. The lowest BCUT2D eigenvalue weighted by molar-refractivity contribution is 0.669. The van der Waals surface area contributed by atoms with Crippen LogP contribution in [0.2, 0.25) is 0 Å². The number of hydrogen-bond donors (Lipinski definition) is 0. The summed E-state index contributed by atoms with van der Waals surface area (Å²) in [5.41, 5.74) is 16.6. The van der Waals surface area contributed by atoms with E-state index in [9.17, 15) is 0 Å². The number of fused-ring (bicyclic) bond motifs is 8. The molecule has 1 aliphatic carbocycles. The van der Waals surface area contributed by atoms with Crippen molar-refractivity contribution < 1.29 is 4.42 Å². The van der Waals surface area contributed by atoms with Gasteiger partial charge in [0.2, 0.25) is 0 Å². The van der Waals surface area contributed by atoms with Crippen LogP contribution in [0.25, 0.3) is 76.9 Å². The second kappa shape index (κ2) is 14.8. The normalized spacial score (nSPS) is 12.7. The Kier molecular flexibility index (Phi) is 8.47. The number of benzene rings is 11. The summed E-state index contributed by atoms with van der Waals surface area (Å²) in [6.07, 6.45) is 0. The zero-order valence-electron chi connectivity index (χ0n) is 35.5. The molecule has 0 amide bonds. The fourth-order valence-electron chi connectivity index (χ4n) is 10.8. The van der Waals surface area contributed by atoms with E-state index in [4.69, 9.17) is 4.42 Å². The second-order valence-corrected chi connectivity index (χ2v) is 17.2. The smallest absolute Gasteiger partial charge is 0.136 e. The minimum atomic E-state index is -0.542. The molecule has 65 heavy (non-hydrogen) atoms. The summed E-state index contributed by atoms with van der Waals surface area (Å²) in [6.45, 7) is 0. The van der Waals surface area contributed by atoms with E-state index in [1.165, 1.54) is 60.5 Å². The zero-order valence-corrected chi connectivity index (χ0v) is 35.5. The van der Waals surface area contributed by atoms with Crippen LogP contribution in [-0.4, -0.2) is 0 Å². The molecular weight excluding hydrogens is 787 g/mol. The number of furan rings is 1. The highest BCUT2D eigenvalue weighted by Gasteiger charge is 2.47. The minimum Gasteiger partial charge on any atom is -0.456 e. The number of rotatable bonds is 7. The van der Waals surface area contributed by atoms with E-state index in [1.807, 2.05) is 0 Å². The molecule has 1 heterocycles. The summed E-state index contributed by atoms with van der Waals surface area (Å²) in [5.74, 6) is 0. The minimum absolute atomic E-state index is 0.542. The Hall–Kier alpha value is -8.46. The monoisotopic (exact) mass is 827 g/mol. The molecule has 2 nitrogen and oxygen atoms in total. The maximum absolute atomic E-state index is 6.52. The Morgan fingerprint density at radius 1 is 0.323 bits per heavy atom. The molecule has 0 unspecified atom stereocenters. The summed E-state index contributed by atoms with van der Waals surface area (Å²) in [6, 6.07) is 91.1. The first-order chi connectivity index (χ1) is 32.2. The Bertz CT molecular complexity index is 3750. The predicted molar refractivity (Wildman–Crippen MR) is 272 cm³/mol. The first-order valence-corrected chi connectivity index (χ1v) is 22.4. The largest absolute Gasteiger partial charge is 0.456 e. The van der Waals surface area contributed by atoms with Crippen molar-refractivity contribution in [1.29, 1.82) is 0 Å². The molecule has 13 rings (SSSR count). The predicted octanol–water partition coefficient (Wildman–Crippen LogP) is 17.1. The molecule has 12 aromatic rings. The number of nitrogens with zero attached hydrogens (tertiary/aromatic N) is 1. The lowest BCUT2D eigenvalue weighted by atomic mass is 9.68. The quantitative estimate of drug-likeness (QED) is 0.159. The SMILES string of the molecule is c1ccc(C2(c3ccccc3)c3ccccc3-c3c(N(c4cccc(-c5ccc6ccccc6c5)c4)c4ccccc4-c4ccc5oc6cc7ccccc7cc6c5c4)cccc32)cc1. The lowest BCUT2D eigenvalue weighted by Gasteiger charge is -2.34. The van der Waals surface area contributed by atoms with E-state index in [0.29, 0.717) is 0 Å². The summed E-state index contributed by atoms with van der Waals surface area (Å²) in [4.78, 5) is 2.51. The van der Waals surface area contributed by atoms with Crippen LogP contribution in [0.15, 0.2) is 253 Å². The summed E-state index contributed by atoms with van der Waals surface area (Å²) in [5, 5.41) is 7.06. The molecular formula is C63H41NO.